The second-order valence-electron chi connectivity index (χ2n) is 3.42. The van der Waals surface area contributed by atoms with Crippen LogP contribution in [-0.4, -0.2) is 0 Å². The first-order valence-electron chi connectivity index (χ1n) is 3.92. The first-order chi connectivity index (χ1) is 6.38. The molecular weight excluding hydrogens is 252 g/mol. The van der Waals surface area contributed by atoms with Gasteiger partial charge in [0.1, 0.15) is 17.2 Å². The monoisotopic (exact) mass is 259 g/mol. The summed E-state index contributed by atoms with van der Waals surface area (Å²) >= 11 is 2.98. The van der Waals surface area contributed by atoms with Crippen LogP contribution in [-0.2, 0) is 5.54 Å². The molecule has 1 rings (SSSR count). The first kappa shape index (κ1) is 11.1. The molecule has 0 atom stereocenters. The molecule has 0 aliphatic rings. The maximum atomic E-state index is 13.4. The molecule has 0 spiro atoms. The van der Waals surface area contributed by atoms with Gasteiger partial charge in [-0.1, -0.05) is 15.9 Å². The van der Waals surface area contributed by atoms with Crippen molar-refractivity contribution in [2.45, 2.75) is 19.4 Å². The Balaban J connectivity index is 3.44. The van der Waals surface area contributed by atoms with Crippen LogP contribution >= 0.6 is 15.9 Å². The van der Waals surface area contributed by atoms with E-state index in [2.05, 4.69) is 20.8 Å². The van der Waals surface area contributed by atoms with Crippen LogP contribution in [0.25, 0.3) is 4.85 Å². The molecule has 0 aromatic heterocycles. The van der Waals surface area contributed by atoms with E-state index in [1.165, 1.54) is 13.8 Å². The zero-order chi connectivity index (χ0) is 10.9. The number of hydrogen-bond donors (Lipinski definition) is 0. The van der Waals surface area contributed by atoms with Crippen molar-refractivity contribution >= 4 is 15.9 Å². The summed E-state index contributed by atoms with van der Waals surface area (Å²) in [6.07, 6.45) is 0. The average Bonchev–Trinajstić information content (AvgIpc) is 2.01. The highest BCUT2D eigenvalue weighted by atomic mass is 79.9. The van der Waals surface area contributed by atoms with Crippen LogP contribution in [0.15, 0.2) is 16.6 Å². The van der Waals surface area contributed by atoms with E-state index in [9.17, 15) is 8.78 Å². The van der Waals surface area contributed by atoms with Gasteiger partial charge in [0, 0.05) is 18.3 Å². The normalized spacial score (nSPS) is 11.1. The van der Waals surface area contributed by atoms with Crippen LogP contribution in [0, 0.1) is 18.2 Å². The van der Waals surface area contributed by atoms with Crippen LogP contribution < -0.4 is 0 Å². The minimum atomic E-state index is -1.17. The molecule has 1 aromatic rings. The first-order valence-corrected chi connectivity index (χ1v) is 4.71. The Morgan fingerprint density at radius 1 is 1.29 bits per heavy atom. The molecule has 0 amide bonds. The lowest BCUT2D eigenvalue weighted by Crippen LogP contribution is -2.16. The molecule has 1 aromatic carbocycles. The van der Waals surface area contributed by atoms with Crippen molar-refractivity contribution in [3.05, 3.63) is 45.2 Å². The van der Waals surface area contributed by atoms with E-state index in [0.717, 1.165) is 12.1 Å². The van der Waals surface area contributed by atoms with E-state index in [-0.39, 0.29) is 5.56 Å². The summed E-state index contributed by atoms with van der Waals surface area (Å²) in [5.74, 6) is -1.39. The summed E-state index contributed by atoms with van der Waals surface area (Å²) in [6.45, 7) is 9.83. The van der Waals surface area contributed by atoms with Crippen LogP contribution in [0.3, 0.4) is 0 Å². The zero-order valence-electron chi connectivity index (χ0n) is 7.74. The number of rotatable bonds is 1. The number of nitrogens with zero attached hydrogens (tertiary/aromatic N) is 1. The Labute approximate surface area is 89.7 Å². The summed E-state index contributed by atoms with van der Waals surface area (Å²) in [6, 6.07) is 2.32. The Kier molecular flexibility index (Phi) is 2.91. The highest BCUT2D eigenvalue weighted by molar-refractivity contribution is 9.10. The maximum absolute atomic E-state index is 13.4. The van der Waals surface area contributed by atoms with Gasteiger partial charge in [-0.05, 0) is 12.1 Å². The Bertz CT molecular complexity index is 384. The van der Waals surface area contributed by atoms with Gasteiger partial charge in [-0.2, -0.15) is 0 Å². The summed E-state index contributed by atoms with van der Waals surface area (Å²) in [7, 11) is 0. The Morgan fingerprint density at radius 2 is 1.71 bits per heavy atom. The predicted molar refractivity (Wildman–Crippen MR) is 53.7 cm³/mol. The number of benzene rings is 1. The third kappa shape index (κ3) is 1.93. The molecule has 4 heteroatoms. The second-order valence-corrected chi connectivity index (χ2v) is 4.33. The van der Waals surface area contributed by atoms with Gasteiger partial charge in [-0.15, -0.1) is 0 Å². The topological polar surface area (TPSA) is 4.36 Å². The molecule has 0 fully saturated rings. The highest BCUT2D eigenvalue weighted by Gasteiger charge is 2.33. The van der Waals surface area contributed by atoms with Crippen LogP contribution in [0.5, 0.6) is 0 Å². The zero-order valence-corrected chi connectivity index (χ0v) is 9.32. The molecule has 0 radical (unpaired) electrons. The average molecular weight is 260 g/mol. The minimum Gasteiger partial charge on any atom is -0.306 e. The van der Waals surface area contributed by atoms with Gasteiger partial charge in [0.2, 0.25) is 0 Å². The molecule has 0 bridgehead atoms. The van der Waals surface area contributed by atoms with Gasteiger partial charge in [0.05, 0.1) is 0 Å². The molecule has 1 nitrogen and oxygen atoms in total. The fourth-order valence-electron chi connectivity index (χ4n) is 1.18. The van der Waals surface area contributed by atoms with E-state index in [0.29, 0.717) is 4.47 Å². The molecular formula is C10H8BrF2N. The fraction of sp³-hybridized carbons (Fsp3) is 0.300. The Hall–Kier alpha value is -0.950. The van der Waals surface area contributed by atoms with E-state index >= 15 is 0 Å². The second kappa shape index (κ2) is 3.66. The van der Waals surface area contributed by atoms with Gasteiger partial charge >= 0.3 is 0 Å². The summed E-state index contributed by atoms with van der Waals surface area (Å²) < 4.78 is 27.1. The van der Waals surface area contributed by atoms with Gasteiger partial charge in [-0.3, -0.25) is 0 Å². The summed E-state index contributed by atoms with van der Waals surface area (Å²) in [5, 5.41) is 0. The predicted octanol–water partition coefficient (Wildman–Crippen LogP) is 3.88. The SMILES string of the molecule is [C-]#[N+]C(C)(C)c1c(F)cc(Br)cc1F. The third-order valence-electron chi connectivity index (χ3n) is 1.90. The van der Waals surface area contributed by atoms with Crippen molar-refractivity contribution in [3.8, 4) is 0 Å². The molecule has 0 aliphatic heterocycles. The van der Waals surface area contributed by atoms with Crippen molar-refractivity contribution in [3.63, 3.8) is 0 Å². The molecule has 0 N–H and O–H groups in total. The largest absolute Gasteiger partial charge is 0.306 e. The third-order valence-corrected chi connectivity index (χ3v) is 2.36. The molecule has 0 saturated heterocycles. The minimum absolute atomic E-state index is 0.185. The van der Waals surface area contributed by atoms with Crippen molar-refractivity contribution in [1.29, 1.82) is 0 Å². The molecule has 14 heavy (non-hydrogen) atoms. The standard InChI is InChI=1S/C10H8BrF2N/c1-10(2,14-3)9-7(12)4-6(11)5-8(9)13/h4-5H,1-2H3. The van der Waals surface area contributed by atoms with E-state index < -0.39 is 17.2 Å². The highest BCUT2D eigenvalue weighted by Crippen LogP contribution is 2.31. The van der Waals surface area contributed by atoms with E-state index in [1.54, 1.807) is 0 Å². The lowest BCUT2D eigenvalue weighted by molar-refractivity contribution is 0.501. The van der Waals surface area contributed by atoms with Crippen molar-refractivity contribution < 1.29 is 8.78 Å². The Morgan fingerprint density at radius 3 is 2.07 bits per heavy atom. The van der Waals surface area contributed by atoms with Gasteiger partial charge in [-0.25, -0.2) is 15.4 Å². The lowest BCUT2D eigenvalue weighted by atomic mass is 9.94. The molecule has 0 unspecified atom stereocenters. The smallest absolute Gasteiger partial charge is 0.257 e. The summed E-state index contributed by atoms with van der Waals surface area (Å²) in [5.41, 5.74) is -1.36. The lowest BCUT2D eigenvalue weighted by Gasteiger charge is -2.13. The molecule has 0 heterocycles. The molecule has 74 valence electrons. The van der Waals surface area contributed by atoms with Crippen molar-refractivity contribution in [1.82, 2.24) is 0 Å². The fourth-order valence-corrected chi connectivity index (χ4v) is 1.58. The van der Waals surface area contributed by atoms with Gasteiger partial charge < -0.3 is 4.85 Å². The van der Waals surface area contributed by atoms with Crippen LogP contribution in [0.1, 0.15) is 19.4 Å². The van der Waals surface area contributed by atoms with Gasteiger partial charge in [0.25, 0.3) is 5.54 Å². The van der Waals surface area contributed by atoms with E-state index in [1.807, 2.05) is 0 Å². The van der Waals surface area contributed by atoms with Crippen LogP contribution in [0.2, 0.25) is 0 Å². The molecule has 0 saturated carbocycles. The van der Waals surface area contributed by atoms with Gasteiger partial charge in [0.15, 0.2) is 0 Å². The van der Waals surface area contributed by atoms with Crippen molar-refractivity contribution in [2.24, 2.45) is 0 Å². The molecule has 0 aliphatic carbocycles. The van der Waals surface area contributed by atoms with E-state index in [4.69, 9.17) is 6.57 Å². The number of halogens is 3. The van der Waals surface area contributed by atoms with Crippen LogP contribution in [0.4, 0.5) is 8.78 Å². The van der Waals surface area contributed by atoms with Crippen molar-refractivity contribution in [2.75, 3.05) is 0 Å². The number of hydrogen-bond acceptors (Lipinski definition) is 0. The summed E-state index contributed by atoms with van der Waals surface area (Å²) in [4.78, 5) is 3.20. The maximum Gasteiger partial charge on any atom is 0.257 e. The quantitative estimate of drug-likeness (QED) is 0.675.